The highest BCUT2D eigenvalue weighted by molar-refractivity contribution is 6.64. The number of hydrogen-bond donors (Lipinski definition) is 0. The lowest BCUT2D eigenvalue weighted by atomic mass is 9.92. The van der Waals surface area contributed by atoms with Crippen LogP contribution in [0.25, 0.3) is 0 Å². The Bertz CT molecular complexity index is 207. The molecule has 0 aliphatic carbocycles. The Balaban J connectivity index is 2.41. The van der Waals surface area contributed by atoms with E-state index in [-0.39, 0.29) is 5.24 Å². The van der Waals surface area contributed by atoms with Gasteiger partial charge >= 0.3 is 0 Å². The van der Waals surface area contributed by atoms with Crippen molar-refractivity contribution in [2.24, 2.45) is 11.3 Å². The van der Waals surface area contributed by atoms with Crippen molar-refractivity contribution in [2.45, 2.75) is 33.6 Å². The van der Waals surface area contributed by atoms with Gasteiger partial charge in [-0.25, -0.2) is 0 Å². The Hall–Kier alpha value is -0.0800. The number of halogens is 1. The monoisotopic (exact) mass is 217 g/mol. The van der Waals surface area contributed by atoms with Gasteiger partial charge in [0.05, 0.1) is 5.41 Å². The van der Waals surface area contributed by atoms with Crippen LogP contribution in [-0.2, 0) is 4.79 Å². The van der Waals surface area contributed by atoms with Crippen LogP contribution >= 0.6 is 11.6 Å². The summed E-state index contributed by atoms with van der Waals surface area (Å²) in [6, 6.07) is 0. The normalized spacial score (nSPS) is 21.1. The number of carbonyl (C=O) groups excluding carboxylic acids is 1. The molecule has 0 aromatic carbocycles. The summed E-state index contributed by atoms with van der Waals surface area (Å²) in [4.78, 5) is 13.5. The van der Waals surface area contributed by atoms with E-state index in [1.54, 1.807) is 0 Å². The second kappa shape index (κ2) is 4.63. The van der Waals surface area contributed by atoms with Crippen molar-refractivity contribution in [2.75, 3.05) is 19.6 Å². The molecule has 1 fully saturated rings. The third-order valence-electron chi connectivity index (χ3n) is 3.03. The molecule has 0 spiro atoms. The first-order chi connectivity index (χ1) is 6.42. The van der Waals surface area contributed by atoms with Gasteiger partial charge in [-0.1, -0.05) is 20.8 Å². The second-order valence-electron chi connectivity index (χ2n) is 5.12. The van der Waals surface area contributed by atoms with E-state index in [9.17, 15) is 4.79 Å². The molecule has 1 aliphatic heterocycles. The molecule has 0 amide bonds. The maximum Gasteiger partial charge on any atom is 0.228 e. The average Bonchev–Trinajstić information content (AvgIpc) is 2.08. The van der Waals surface area contributed by atoms with E-state index < -0.39 is 5.41 Å². The first-order valence-electron chi connectivity index (χ1n) is 5.34. The largest absolute Gasteiger partial charge is 0.302 e. The molecule has 1 saturated heterocycles. The van der Waals surface area contributed by atoms with Crippen LogP contribution in [0, 0.1) is 11.3 Å². The molecule has 1 heterocycles. The first-order valence-corrected chi connectivity index (χ1v) is 5.72. The summed E-state index contributed by atoms with van der Waals surface area (Å²) in [7, 11) is 0. The third kappa shape index (κ3) is 3.25. The van der Waals surface area contributed by atoms with Crippen molar-refractivity contribution >= 4 is 16.8 Å². The standard InChI is InChI=1S/C11H20ClNO/c1-9-4-6-13(7-5-9)8-11(2,3)10(12)14/h9H,4-8H2,1-3H3. The van der Waals surface area contributed by atoms with Crippen LogP contribution in [0.15, 0.2) is 0 Å². The molecular weight excluding hydrogens is 198 g/mol. The van der Waals surface area contributed by atoms with E-state index in [2.05, 4.69) is 11.8 Å². The van der Waals surface area contributed by atoms with Gasteiger partial charge in [-0.3, -0.25) is 4.79 Å². The van der Waals surface area contributed by atoms with Crippen molar-refractivity contribution in [1.82, 2.24) is 4.90 Å². The molecule has 0 aromatic heterocycles. The maximum atomic E-state index is 11.1. The number of piperidine rings is 1. The van der Waals surface area contributed by atoms with E-state index >= 15 is 0 Å². The van der Waals surface area contributed by atoms with Gasteiger partial charge in [0.2, 0.25) is 5.24 Å². The number of carbonyl (C=O) groups is 1. The molecule has 2 nitrogen and oxygen atoms in total. The zero-order chi connectivity index (χ0) is 10.8. The van der Waals surface area contributed by atoms with Crippen LogP contribution in [-0.4, -0.2) is 29.8 Å². The zero-order valence-corrected chi connectivity index (χ0v) is 10.1. The Morgan fingerprint density at radius 1 is 1.43 bits per heavy atom. The molecule has 1 aliphatic rings. The molecule has 0 atom stereocenters. The lowest BCUT2D eigenvalue weighted by Gasteiger charge is -2.34. The van der Waals surface area contributed by atoms with E-state index in [0.717, 1.165) is 25.6 Å². The van der Waals surface area contributed by atoms with Crippen molar-refractivity contribution in [3.05, 3.63) is 0 Å². The van der Waals surface area contributed by atoms with Gasteiger partial charge in [0, 0.05) is 6.54 Å². The minimum absolute atomic E-state index is 0.226. The minimum Gasteiger partial charge on any atom is -0.302 e. The van der Waals surface area contributed by atoms with Crippen LogP contribution in [0.2, 0.25) is 0 Å². The van der Waals surface area contributed by atoms with Crippen molar-refractivity contribution in [3.8, 4) is 0 Å². The van der Waals surface area contributed by atoms with Gasteiger partial charge in [0.15, 0.2) is 0 Å². The van der Waals surface area contributed by atoms with E-state index in [4.69, 9.17) is 11.6 Å². The quantitative estimate of drug-likeness (QED) is 0.678. The van der Waals surface area contributed by atoms with Crippen LogP contribution in [0.4, 0.5) is 0 Å². The van der Waals surface area contributed by atoms with E-state index in [1.165, 1.54) is 12.8 Å². The molecule has 1 rings (SSSR count). The predicted octanol–water partition coefficient (Wildman–Crippen LogP) is 2.51. The second-order valence-corrected chi connectivity index (χ2v) is 5.46. The average molecular weight is 218 g/mol. The highest BCUT2D eigenvalue weighted by atomic mass is 35.5. The summed E-state index contributed by atoms with van der Waals surface area (Å²) in [5, 5.41) is -0.226. The Morgan fingerprint density at radius 2 is 1.93 bits per heavy atom. The van der Waals surface area contributed by atoms with Crippen LogP contribution in [0.1, 0.15) is 33.6 Å². The van der Waals surface area contributed by atoms with E-state index in [0.29, 0.717) is 0 Å². The molecule has 0 bridgehead atoms. The number of nitrogens with zero attached hydrogens (tertiary/aromatic N) is 1. The molecule has 0 N–H and O–H groups in total. The van der Waals surface area contributed by atoms with Gasteiger partial charge in [0.1, 0.15) is 0 Å². The summed E-state index contributed by atoms with van der Waals surface area (Å²) in [6.45, 7) is 9.13. The molecule has 14 heavy (non-hydrogen) atoms. The predicted molar refractivity (Wildman–Crippen MR) is 59.5 cm³/mol. The Labute approximate surface area is 91.6 Å². The molecule has 0 saturated carbocycles. The van der Waals surface area contributed by atoms with Crippen LogP contribution in [0.3, 0.4) is 0 Å². The van der Waals surface area contributed by atoms with Gasteiger partial charge in [-0.2, -0.15) is 0 Å². The van der Waals surface area contributed by atoms with Gasteiger partial charge in [0.25, 0.3) is 0 Å². The lowest BCUT2D eigenvalue weighted by Crippen LogP contribution is -2.41. The van der Waals surface area contributed by atoms with Crippen LogP contribution in [0.5, 0.6) is 0 Å². The SMILES string of the molecule is CC1CCN(CC(C)(C)C(=O)Cl)CC1. The molecule has 82 valence electrons. The number of likely N-dealkylation sites (tertiary alicyclic amines) is 1. The fourth-order valence-corrected chi connectivity index (χ4v) is 1.90. The fraction of sp³-hybridized carbons (Fsp3) is 0.909. The van der Waals surface area contributed by atoms with Gasteiger partial charge < -0.3 is 4.90 Å². The number of hydrogen-bond acceptors (Lipinski definition) is 2. The van der Waals surface area contributed by atoms with Crippen molar-refractivity contribution < 1.29 is 4.79 Å². The first kappa shape index (κ1) is 12.0. The summed E-state index contributed by atoms with van der Waals surface area (Å²) < 4.78 is 0. The highest BCUT2D eigenvalue weighted by Gasteiger charge is 2.29. The summed E-state index contributed by atoms with van der Waals surface area (Å²) in [5.74, 6) is 0.834. The fourth-order valence-electron chi connectivity index (χ4n) is 1.84. The third-order valence-corrected chi connectivity index (χ3v) is 3.54. The lowest BCUT2D eigenvalue weighted by molar-refractivity contribution is -0.120. The molecule has 0 unspecified atom stereocenters. The summed E-state index contributed by atoms with van der Waals surface area (Å²) in [6.07, 6.45) is 2.49. The minimum atomic E-state index is -0.401. The zero-order valence-electron chi connectivity index (χ0n) is 9.35. The van der Waals surface area contributed by atoms with Crippen molar-refractivity contribution in [3.63, 3.8) is 0 Å². The summed E-state index contributed by atoms with van der Waals surface area (Å²) in [5.41, 5.74) is -0.401. The number of rotatable bonds is 3. The Morgan fingerprint density at radius 3 is 2.36 bits per heavy atom. The van der Waals surface area contributed by atoms with Gasteiger partial charge in [-0.15, -0.1) is 0 Å². The molecular formula is C11H20ClNO. The maximum absolute atomic E-state index is 11.1. The van der Waals surface area contributed by atoms with Crippen molar-refractivity contribution in [1.29, 1.82) is 0 Å². The highest BCUT2D eigenvalue weighted by Crippen LogP contribution is 2.24. The van der Waals surface area contributed by atoms with Crippen LogP contribution < -0.4 is 0 Å². The molecule has 0 aromatic rings. The smallest absolute Gasteiger partial charge is 0.228 e. The molecule has 0 radical (unpaired) electrons. The van der Waals surface area contributed by atoms with E-state index in [1.807, 2.05) is 13.8 Å². The Kier molecular flexibility index (Phi) is 3.96. The summed E-state index contributed by atoms with van der Waals surface area (Å²) >= 11 is 5.55. The topological polar surface area (TPSA) is 20.3 Å². The van der Waals surface area contributed by atoms with Gasteiger partial charge in [-0.05, 0) is 43.5 Å². The molecule has 3 heteroatoms.